The molecule has 0 radical (unpaired) electrons. The first-order valence-corrected chi connectivity index (χ1v) is 11.4. The molecule has 1 atom stereocenters. The summed E-state index contributed by atoms with van der Waals surface area (Å²) in [5.74, 6) is 0.985. The van der Waals surface area contributed by atoms with Crippen molar-refractivity contribution in [3.63, 3.8) is 0 Å². The van der Waals surface area contributed by atoms with Crippen LogP contribution in [0.4, 0.5) is 5.82 Å². The summed E-state index contributed by atoms with van der Waals surface area (Å²) in [5.41, 5.74) is 4.27. The third kappa shape index (κ3) is 4.70. The van der Waals surface area contributed by atoms with E-state index in [1.807, 2.05) is 65.4 Å². The highest BCUT2D eigenvalue weighted by molar-refractivity contribution is 5.82. The summed E-state index contributed by atoms with van der Waals surface area (Å²) in [6.45, 7) is 1.53. The standard InChI is InChI=1S/C27H27N3O3/c31-26(32)18-25(19-5-2-1-3-6-19)30-15-12-21-17-23(10-11-24(21)30)33-16-13-22-9-8-20-7-4-14-28-27(20)29-22/h1-3,5-6,8-12,15,17,25H,4,7,13-14,16,18H2,(H,28,29)(H,31,32). The van der Waals surface area contributed by atoms with Gasteiger partial charge < -0.3 is 19.7 Å². The molecule has 2 aromatic carbocycles. The Morgan fingerprint density at radius 1 is 1.12 bits per heavy atom. The van der Waals surface area contributed by atoms with Crippen LogP contribution in [0, 0.1) is 0 Å². The average molecular weight is 442 g/mol. The molecule has 3 heterocycles. The second-order valence-electron chi connectivity index (χ2n) is 8.41. The molecule has 0 amide bonds. The van der Waals surface area contributed by atoms with Gasteiger partial charge in [0.05, 0.1) is 19.1 Å². The summed E-state index contributed by atoms with van der Waals surface area (Å²) in [6.07, 6.45) is 4.96. The van der Waals surface area contributed by atoms with Gasteiger partial charge in [-0.1, -0.05) is 36.4 Å². The highest BCUT2D eigenvalue weighted by Crippen LogP contribution is 2.30. The van der Waals surface area contributed by atoms with E-state index < -0.39 is 5.97 Å². The molecule has 1 aliphatic rings. The van der Waals surface area contributed by atoms with E-state index in [0.29, 0.717) is 6.61 Å². The van der Waals surface area contributed by atoms with E-state index in [2.05, 4.69) is 17.4 Å². The van der Waals surface area contributed by atoms with Crippen molar-refractivity contribution in [2.45, 2.75) is 31.7 Å². The number of benzene rings is 2. The predicted molar refractivity (Wildman–Crippen MR) is 129 cm³/mol. The van der Waals surface area contributed by atoms with Crippen LogP contribution in [0.5, 0.6) is 5.75 Å². The van der Waals surface area contributed by atoms with E-state index in [9.17, 15) is 9.90 Å². The number of carboxylic acids is 1. The van der Waals surface area contributed by atoms with Gasteiger partial charge in [0.25, 0.3) is 0 Å². The average Bonchev–Trinajstić information content (AvgIpc) is 3.26. The molecule has 168 valence electrons. The van der Waals surface area contributed by atoms with Gasteiger partial charge in [-0.2, -0.15) is 0 Å². The van der Waals surface area contributed by atoms with Crippen LogP contribution in [0.25, 0.3) is 10.9 Å². The third-order valence-electron chi connectivity index (χ3n) is 6.16. The monoisotopic (exact) mass is 441 g/mol. The van der Waals surface area contributed by atoms with Crippen LogP contribution >= 0.6 is 0 Å². The van der Waals surface area contributed by atoms with Crippen LogP contribution < -0.4 is 10.1 Å². The van der Waals surface area contributed by atoms with Crippen molar-refractivity contribution in [1.82, 2.24) is 9.55 Å². The molecular formula is C27H27N3O3. The molecule has 2 aromatic heterocycles. The topological polar surface area (TPSA) is 76.4 Å². The highest BCUT2D eigenvalue weighted by atomic mass is 16.5. The summed E-state index contributed by atoms with van der Waals surface area (Å²) in [6, 6.07) is 21.7. The molecule has 1 aliphatic heterocycles. The molecule has 4 aromatic rings. The number of ether oxygens (including phenoxy) is 1. The minimum atomic E-state index is -0.823. The maximum atomic E-state index is 11.5. The van der Waals surface area contributed by atoms with Gasteiger partial charge in [0.1, 0.15) is 11.6 Å². The number of carboxylic acid groups (broad SMARTS) is 1. The lowest BCUT2D eigenvalue weighted by Gasteiger charge is -2.19. The fraction of sp³-hybridized carbons (Fsp3) is 0.259. The van der Waals surface area contributed by atoms with Gasteiger partial charge >= 0.3 is 5.97 Å². The number of nitrogens with one attached hydrogen (secondary N) is 1. The molecule has 6 nitrogen and oxygen atoms in total. The zero-order chi connectivity index (χ0) is 22.6. The number of anilines is 1. The lowest BCUT2D eigenvalue weighted by Crippen LogP contribution is -2.14. The minimum Gasteiger partial charge on any atom is -0.493 e. The van der Waals surface area contributed by atoms with Crippen molar-refractivity contribution in [2.75, 3.05) is 18.5 Å². The summed E-state index contributed by atoms with van der Waals surface area (Å²) in [4.78, 5) is 16.3. The van der Waals surface area contributed by atoms with Crippen LogP contribution in [-0.2, 0) is 17.6 Å². The van der Waals surface area contributed by atoms with Crippen LogP contribution in [0.2, 0.25) is 0 Å². The van der Waals surface area contributed by atoms with Gasteiger partial charge in [-0.25, -0.2) is 4.98 Å². The number of hydrogen-bond donors (Lipinski definition) is 2. The number of fused-ring (bicyclic) bond motifs is 2. The number of carbonyl (C=O) groups is 1. The van der Waals surface area contributed by atoms with Crippen LogP contribution in [0.15, 0.2) is 72.9 Å². The predicted octanol–water partition coefficient (Wildman–Crippen LogP) is 5.08. The van der Waals surface area contributed by atoms with Gasteiger partial charge in [0.2, 0.25) is 0 Å². The zero-order valence-electron chi connectivity index (χ0n) is 18.4. The number of pyridine rings is 1. The molecule has 0 aliphatic carbocycles. The van der Waals surface area contributed by atoms with Crippen LogP contribution in [-0.4, -0.2) is 33.8 Å². The normalized spacial score (nSPS) is 13.8. The second kappa shape index (κ2) is 9.36. The Morgan fingerprint density at radius 3 is 2.85 bits per heavy atom. The first-order valence-electron chi connectivity index (χ1n) is 11.4. The maximum absolute atomic E-state index is 11.5. The lowest BCUT2D eigenvalue weighted by molar-refractivity contribution is -0.137. The molecule has 6 heteroatoms. The zero-order valence-corrected chi connectivity index (χ0v) is 18.4. The van der Waals surface area contributed by atoms with Gasteiger partial charge in [-0.3, -0.25) is 4.79 Å². The van der Waals surface area contributed by atoms with E-state index in [1.54, 1.807) is 0 Å². The molecule has 2 N–H and O–H groups in total. The SMILES string of the molecule is O=C(O)CC(c1ccccc1)n1ccc2cc(OCCc3ccc4c(n3)NCCC4)ccc21. The van der Waals surface area contributed by atoms with Gasteiger partial charge in [-0.15, -0.1) is 0 Å². The van der Waals surface area contributed by atoms with Gasteiger partial charge in [0.15, 0.2) is 0 Å². The largest absolute Gasteiger partial charge is 0.493 e. The van der Waals surface area contributed by atoms with Crippen LogP contribution in [0.1, 0.15) is 35.7 Å². The molecule has 5 rings (SSSR count). The summed E-state index contributed by atoms with van der Waals surface area (Å²) in [7, 11) is 0. The Kier molecular flexibility index (Phi) is 5.98. The molecule has 0 fully saturated rings. The van der Waals surface area contributed by atoms with E-state index in [-0.39, 0.29) is 12.5 Å². The number of nitrogens with zero attached hydrogens (tertiary/aromatic N) is 2. The smallest absolute Gasteiger partial charge is 0.305 e. The molecular weight excluding hydrogens is 414 g/mol. The third-order valence-corrected chi connectivity index (χ3v) is 6.16. The first kappa shape index (κ1) is 21.1. The fourth-order valence-electron chi connectivity index (χ4n) is 4.50. The first-order chi connectivity index (χ1) is 16.2. The molecule has 33 heavy (non-hydrogen) atoms. The Bertz CT molecular complexity index is 1270. The van der Waals surface area contributed by atoms with Gasteiger partial charge in [0, 0.05) is 35.8 Å². The minimum absolute atomic E-state index is 0.0225. The number of rotatable bonds is 8. The molecule has 0 saturated carbocycles. The number of aryl methyl sites for hydroxylation is 1. The summed E-state index contributed by atoms with van der Waals surface area (Å²) in [5, 5.41) is 13.9. The van der Waals surface area contributed by atoms with E-state index >= 15 is 0 Å². The highest BCUT2D eigenvalue weighted by Gasteiger charge is 2.19. The van der Waals surface area contributed by atoms with E-state index in [0.717, 1.165) is 59.5 Å². The van der Waals surface area contributed by atoms with E-state index in [4.69, 9.17) is 9.72 Å². The lowest BCUT2D eigenvalue weighted by atomic mass is 10.0. The maximum Gasteiger partial charge on any atom is 0.305 e. The van der Waals surface area contributed by atoms with Crippen LogP contribution in [0.3, 0.4) is 0 Å². The fourth-order valence-corrected chi connectivity index (χ4v) is 4.50. The summed E-state index contributed by atoms with van der Waals surface area (Å²) < 4.78 is 8.05. The molecule has 0 spiro atoms. The van der Waals surface area contributed by atoms with Crippen molar-refractivity contribution >= 4 is 22.7 Å². The molecule has 0 saturated heterocycles. The Morgan fingerprint density at radius 2 is 2.00 bits per heavy atom. The van der Waals surface area contributed by atoms with Crippen molar-refractivity contribution in [3.8, 4) is 5.75 Å². The Balaban J connectivity index is 1.30. The Hall–Kier alpha value is -3.80. The van der Waals surface area contributed by atoms with Gasteiger partial charge in [-0.05, 0) is 54.3 Å². The Labute approximate surface area is 192 Å². The number of aliphatic carboxylic acids is 1. The molecule has 0 bridgehead atoms. The van der Waals surface area contributed by atoms with Crippen molar-refractivity contribution in [3.05, 3.63) is 89.7 Å². The number of aromatic nitrogens is 2. The van der Waals surface area contributed by atoms with E-state index in [1.165, 1.54) is 5.56 Å². The quantitative estimate of drug-likeness (QED) is 0.399. The van der Waals surface area contributed by atoms with Crippen molar-refractivity contribution in [2.24, 2.45) is 0 Å². The molecule has 1 unspecified atom stereocenters. The second-order valence-corrected chi connectivity index (χ2v) is 8.41. The number of hydrogen-bond acceptors (Lipinski definition) is 4. The summed E-state index contributed by atoms with van der Waals surface area (Å²) >= 11 is 0. The van der Waals surface area contributed by atoms with Crippen molar-refractivity contribution < 1.29 is 14.6 Å². The van der Waals surface area contributed by atoms with Crippen molar-refractivity contribution in [1.29, 1.82) is 0 Å².